The van der Waals surface area contributed by atoms with Gasteiger partial charge in [-0.15, -0.1) is 0 Å². The van der Waals surface area contributed by atoms with E-state index in [1.165, 1.54) is 6.20 Å². The summed E-state index contributed by atoms with van der Waals surface area (Å²) in [5.41, 5.74) is 1.34. The molecule has 21 heavy (non-hydrogen) atoms. The van der Waals surface area contributed by atoms with Gasteiger partial charge in [-0.1, -0.05) is 24.3 Å². The van der Waals surface area contributed by atoms with Gasteiger partial charge in [-0.05, 0) is 18.1 Å². The van der Waals surface area contributed by atoms with Gasteiger partial charge in [-0.25, -0.2) is 4.98 Å². The number of carbonyl (C=O) groups excluding carboxylic acids is 1. The van der Waals surface area contributed by atoms with Gasteiger partial charge in [-0.3, -0.25) is 4.79 Å². The summed E-state index contributed by atoms with van der Waals surface area (Å²) in [6.07, 6.45) is -1.85. The van der Waals surface area contributed by atoms with E-state index in [2.05, 4.69) is 4.98 Å². The van der Waals surface area contributed by atoms with Crippen molar-refractivity contribution in [2.45, 2.75) is 19.1 Å². The summed E-state index contributed by atoms with van der Waals surface area (Å²) in [7, 11) is 1.66. The Kier molecular flexibility index (Phi) is 4.02. The normalized spacial score (nSPS) is 13.0. The van der Waals surface area contributed by atoms with Crippen molar-refractivity contribution >= 4 is 5.91 Å². The molecule has 1 N–H and O–H groups in total. The molecular weight excluding hydrogens is 283 g/mol. The Morgan fingerprint density at radius 2 is 2.00 bits per heavy atom. The average molecular weight is 297 g/mol. The second-order valence-electron chi connectivity index (χ2n) is 4.66. The lowest BCUT2D eigenvalue weighted by atomic mass is 10.0. The van der Waals surface area contributed by atoms with Crippen molar-refractivity contribution in [1.29, 1.82) is 0 Å². The molecule has 112 valence electrons. The highest BCUT2D eigenvalue weighted by molar-refractivity contribution is 5.82. The van der Waals surface area contributed by atoms with E-state index >= 15 is 0 Å². The quantitative estimate of drug-likeness (QED) is 0.946. The van der Waals surface area contributed by atoms with Crippen LogP contribution < -0.4 is 5.32 Å². The van der Waals surface area contributed by atoms with Crippen LogP contribution in [-0.2, 0) is 11.8 Å². The van der Waals surface area contributed by atoms with Crippen LogP contribution in [0.4, 0.5) is 13.2 Å². The van der Waals surface area contributed by atoms with Crippen LogP contribution in [-0.4, -0.2) is 21.6 Å². The average Bonchev–Trinajstić information content (AvgIpc) is 2.82. The largest absolute Gasteiger partial charge is 0.471 e. The minimum atomic E-state index is -4.94. The van der Waals surface area contributed by atoms with Gasteiger partial charge in [0.2, 0.25) is 0 Å². The lowest BCUT2D eigenvalue weighted by Crippen LogP contribution is -2.40. The van der Waals surface area contributed by atoms with Gasteiger partial charge >= 0.3 is 12.1 Å². The molecule has 1 atom stereocenters. The first-order valence-electron chi connectivity index (χ1n) is 6.21. The van der Waals surface area contributed by atoms with Gasteiger partial charge < -0.3 is 9.88 Å². The molecule has 2 aromatic rings. The van der Waals surface area contributed by atoms with E-state index in [1.54, 1.807) is 49.0 Å². The molecule has 0 aliphatic heterocycles. The third-order valence-electron chi connectivity index (χ3n) is 3.15. The zero-order chi connectivity index (χ0) is 15.6. The third kappa shape index (κ3) is 3.24. The van der Waals surface area contributed by atoms with Crippen LogP contribution in [0, 0.1) is 6.92 Å². The van der Waals surface area contributed by atoms with E-state index in [0.29, 0.717) is 11.4 Å². The molecule has 0 aliphatic carbocycles. The summed E-state index contributed by atoms with van der Waals surface area (Å²) < 4.78 is 39.2. The van der Waals surface area contributed by atoms with Gasteiger partial charge in [0.1, 0.15) is 11.9 Å². The number of aryl methyl sites for hydroxylation is 2. The lowest BCUT2D eigenvalue weighted by molar-refractivity contribution is -0.174. The topological polar surface area (TPSA) is 46.9 Å². The van der Waals surface area contributed by atoms with Gasteiger partial charge in [0, 0.05) is 19.4 Å². The van der Waals surface area contributed by atoms with E-state index in [4.69, 9.17) is 0 Å². The number of alkyl halides is 3. The number of aromatic nitrogens is 2. The number of carbonyl (C=O) groups is 1. The van der Waals surface area contributed by atoms with Gasteiger partial charge in [0.25, 0.3) is 0 Å². The molecule has 1 amide bonds. The number of benzene rings is 1. The highest BCUT2D eigenvalue weighted by Crippen LogP contribution is 2.25. The van der Waals surface area contributed by atoms with Crippen LogP contribution in [0.15, 0.2) is 36.7 Å². The number of halogens is 3. The summed E-state index contributed by atoms with van der Waals surface area (Å²) >= 11 is 0. The van der Waals surface area contributed by atoms with Crippen LogP contribution >= 0.6 is 0 Å². The Balaban J connectivity index is 2.44. The molecule has 1 unspecified atom stereocenters. The first kappa shape index (κ1) is 15.1. The Hall–Kier alpha value is -2.31. The summed E-state index contributed by atoms with van der Waals surface area (Å²) in [6.45, 7) is 1.77. The van der Waals surface area contributed by atoms with Crippen molar-refractivity contribution in [3.8, 4) is 0 Å². The van der Waals surface area contributed by atoms with Crippen molar-refractivity contribution in [2.75, 3.05) is 0 Å². The first-order valence-corrected chi connectivity index (χ1v) is 6.21. The van der Waals surface area contributed by atoms with Crippen LogP contribution in [0.3, 0.4) is 0 Å². The van der Waals surface area contributed by atoms with Crippen LogP contribution in [0.5, 0.6) is 0 Å². The molecule has 0 saturated heterocycles. The van der Waals surface area contributed by atoms with Gasteiger partial charge in [-0.2, -0.15) is 13.2 Å². The van der Waals surface area contributed by atoms with Crippen LogP contribution in [0.25, 0.3) is 0 Å². The van der Waals surface area contributed by atoms with E-state index in [1.807, 2.05) is 5.32 Å². The Morgan fingerprint density at radius 1 is 1.33 bits per heavy atom. The molecule has 4 nitrogen and oxygen atoms in total. The first-order chi connectivity index (χ1) is 9.80. The zero-order valence-corrected chi connectivity index (χ0v) is 11.5. The minimum absolute atomic E-state index is 0.335. The molecule has 1 aromatic heterocycles. The Bertz CT molecular complexity index is 649. The number of rotatable bonds is 3. The Morgan fingerprint density at radius 3 is 2.52 bits per heavy atom. The van der Waals surface area contributed by atoms with Crippen molar-refractivity contribution in [1.82, 2.24) is 14.9 Å². The maximum Gasteiger partial charge on any atom is 0.471 e. The van der Waals surface area contributed by atoms with Crippen LogP contribution in [0.2, 0.25) is 0 Å². The van der Waals surface area contributed by atoms with E-state index in [9.17, 15) is 18.0 Å². The predicted octanol–water partition coefficient (Wildman–Crippen LogP) is 2.50. The fourth-order valence-corrected chi connectivity index (χ4v) is 2.06. The van der Waals surface area contributed by atoms with Crippen molar-refractivity contribution < 1.29 is 18.0 Å². The van der Waals surface area contributed by atoms with Gasteiger partial charge in [0.15, 0.2) is 0 Å². The maximum atomic E-state index is 12.5. The van der Waals surface area contributed by atoms with Crippen molar-refractivity contribution in [3.05, 3.63) is 53.6 Å². The molecule has 0 aliphatic rings. The maximum absolute atomic E-state index is 12.5. The number of hydrogen-bond donors (Lipinski definition) is 1. The molecular formula is C14H14F3N3O. The summed E-state index contributed by atoms with van der Waals surface area (Å²) in [6, 6.07) is 5.97. The highest BCUT2D eigenvalue weighted by atomic mass is 19.4. The third-order valence-corrected chi connectivity index (χ3v) is 3.15. The van der Waals surface area contributed by atoms with Gasteiger partial charge in [0.05, 0.1) is 0 Å². The number of nitrogens with one attached hydrogen (secondary N) is 1. The molecule has 7 heteroatoms. The molecule has 0 fully saturated rings. The SMILES string of the molecule is Cc1ccccc1C(NC(=O)C(F)(F)F)c1nccn1C. The van der Waals surface area contributed by atoms with Crippen molar-refractivity contribution in [2.24, 2.45) is 7.05 Å². The highest BCUT2D eigenvalue weighted by Gasteiger charge is 2.40. The number of amides is 1. The smallest absolute Gasteiger partial charge is 0.336 e. The number of hydrogen-bond acceptors (Lipinski definition) is 2. The summed E-state index contributed by atoms with van der Waals surface area (Å²) in [5, 5.41) is 2.01. The lowest BCUT2D eigenvalue weighted by Gasteiger charge is -2.21. The molecule has 0 radical (unpaired) electrons. The van der Waals surface area contributed by atoms with Crippen molar-refractivity contribution in [3.63, 3.8) is 0 Å². The number of imidazole rings is 1. The Labute approximate surface area is 119 Å². The minimum Gasteiger partial charge on any atom is -0.336 e. The fourth-order valence-electron chi connectivity index (χ4n) is 2.06. The second-order valence-corrected chi connectivity index (χ2v) is 4.66. The zero-order valence-electron chi connectivity index (χ0n) is 11.5. The molecule has 1 heterocycles. The number of nitrogens with zero attached hydrogens (tertiary/aromatic N) is 2. The van der Waals surface area contributed by atoms with E-state index in [-0.39, 0.29) is 0 Å². The molecule has 0 spiro atoms. The standard InChI is InChI=1S/C14H14F3N3O/c1-9-5-3-4-6-10(9)11(12-18-7-8-20(12)2)19-13(21)14(15,16)17/h3-8,11H,1-2H3,(H,19,21). The molecule has 2 rings (SSSR count). The van der Waals surface area contributed by atoms with E-state index in [0.717, 1.165) is 5.56 Å². The second kappa shape index (κ2) is 5.59. The van der Waals surface area contributed by atoms with Crippen LogP contribution in [0.1, 0.15) is 23.0 Å². The molecule has 0 bridgehead atoms. The van der Waals surface area contributed by atoms with E-state index < -0.39 is 18.1 Å². The summed E-state index contributed by atoms with van der Waals surface area (Å²) in [5.74, 6) is -1.65. The fraction of sp³-hybridized carbons (Fsp3) is 0.286. The summed E-state index contributed by atoms with van der Waals surface area (Å²) in [4.78, 5) is 15.3. The molecule has 0 saturated carbocycles. The molecule has 1 aromatic carbocycles. The predicted molar refractivity (Wildman–Crippen MR) is 70.4 cm³/mol. The monoisotopic (exact) mass is 297 g/mol.